The van der Waals surface area contributed by atoms with Gasteiger partial charge in [-0.05, 0) is 67.2 Å². The van der Waals surface area contributed by atoms with Crippen molar-refractivity contribution >= 4 is 40.4 Å². The number of anilines is 1. The van der Waals surface area contributed by atoms with E-state index >= 15 is 0 Å². The lowest BCUT2D eigenvalue weighted by molar-refractivity contribution is -0.384. The second kappa shape index (κ2) is 8.49. The molecule has 0 radical (unpaired) electrons. The van der Waals surface area contributed by atoms with E-state index in [4.69, 9.17) is 9.15 Å². The van der Waals surface area contributed by atoms with Gasteiger partial charge in [0, 0.05) is 23.8 Å². The first-order valence-electron chi connectivity index (χ1n) is 9.31. The van der Waals surface area contributed by atoms with Gasteiger partial charge < -0.3 is 9.15 Å². The van der Waals surface area contributed by atoms with E-state index in [1.54, 1.807) is 48.5 Å². The van der Waals surface area contributed by atoms with Crippen LogP contribution in [0.15, 0.2) is 70.0 Å². The van der Waals surface area contributed by atoms with Gasteiger partial charge >= 0.3 is 0 Å². The molecule has 156 valence electrons. The maximum atomic E-state index is 12.8. The summed E-state index contributed by atoms with van der Waals surface area (Å²) in [5.74, 6) is 1.10. The Morgan fingerprint density at radius 1 is 1.06 bits per heavy atom. The molecule has 0 saturated carbocycles. The summed E-state index contributed by atoms with van der Waals surface area (Å²) in [6, 6.07) is 16.0. The third-order valence-corrected chi connectivity index (χ3v) is 5.33. The number of nitro benzene ring substituents is 1. The number of benzene rings is 2. The van der Waals surface area contributed by atoms with Crippen LogP contribution in [0.5, 0.6) is 5.75 Å². The van der Waals surface area contributed by atoms with E-state index in [0.29, 0.717) is 35.1 Å². The Balaban J connectivity index is 1.54. The largest absolute Gasteiger partial charge is 0.494 e. The van der Waals surface area contributed by atoms with Crippen molar-refractivity contribution in [1.82, 2.24) is 0 Å². The molecule has 9 heteroatoms. The van der Waals surface area contributed by atoms with E-state index in [1.807, 2.05) is 6.92 Å². The first-order chi connectivity index (χ1) is 15.0. The first-order valence-corrected chi connectivity index (χ1v) is 10.1. The number of furan rings is 1. The molecule has 0 unspecified atom stereocenters. The number of imide groups is 1. The Kier molecular flexibility index (Phi) is 5.59. The molecule has 1 fully saturated rings. The monoisotopic (exact) mass is 436 g/mol. The molecule has 1 saturated heterocycles. The van der Waals surface area contributed by atoms with Crippen LogP contribution in [-0.4, -0.2) is 22.7 Å². The van der Waals surface area contributed by atoms with Crippen molar-refractivity contribution in [2.24, 2.45) is 0 Å². The fraction of sp³-hybridized carbons (Fsp3) is 0.0909. The molecule has 31 heavy (non-hydrogen) atoms. The number of ether oxygens (including phenoxy) is 1. The van der Waals surface area contributed by atoms with Crippen LogP contribution in [0.2, 0.25) is 0 Å². The smallest absolute Gasteiger partial charge is 0.298 e. The van der Waals surface area contributed by atoms with Crippen LogP contribution < -0.4 is 9.64 Å². The number of carbonyl (C=O) groups excluding carboxylic acids is 2. The van der Waals surface area contributed by atoms with Crippen molar-refractivity contribution in [2.75, 3.05) is 11.5 Å². The molecule has 1 aliphatic rings. The van der Waals surface area contributed by atoms with Gasteiger partial charge in [0.2, 0.25) is 0 Å². The molecule has 1 aromatic heterocycles. The minimum atomic E-state index is -0.474. The minimum Gasteiger partial charge on any atom is -0.494 e. The predicted octanol–water partition coefficient (Wildman–Crippen LogP) is 5.49. The second-order valence-electron chi connectivity index (χ2n) is 6.45. The summed E-state index contributed by atoms with van der Waals surface area (Å²) in [5, 5.41) is 10.4. The maximum Gasteiger partial charge on any atom is 0.298 e. The number of amides is 2. The van der Waals surface area contributed by atoms with Gasteiger partial charge in [0.25, 0.3) is 16.8 Å². The predicted molar refractivity (Wildman–Crippen MR) is 117 cm³/mol. The van der Waals surface area contributed by atoms with Crippen molar-refractivity contribution in [3.63, 3.8) is 0 Å². The summed E-state index contributed by atoms with van der Waals surface area (Å²) >= 11 is 0.828. The summed E-state index contributed by atoms with van der Waals surface area (Å²) in [4.78, 5) is 36.9. The highest BCUT2D eigenvalue weighted by Gasteiger charge is 2.36. The van der Waals surface area contributed by atoms with Gasteiger partial charge in [0.15, 0.2) is 0 Å². The minimum absolute atomic E-state index is 0.0153. The number of carbonyl (C=O) groups is 2. The number of nitro groups is 1. The van der Waals surface area contributed by atoms with Crippen molar-refractivity contribution in [1.29, 1.82) is 0 Å². The summed E-state index contributed by atoms with van der Waals surface area (Å²) < 4.78 is 11.1. The maximum absolute atomic E-state index is 12.8. The lowest BCUT2D eigenvalue weighted by Gasteiger charge is -2.13. The van der Waals surface area contributed by atoms with Crippen molar-refractivity contribution in [2.45, 2.75) is 6.92 Å². The van der Waals surface area contributed by atoms with Crippen LogP contribution in [0, 0.1) is 10.1 Å². The van der Waals surface area contributed by atoms with Crippen LogP contribution >= 0.6 is 11.8 Å². The summed E-state index contributed by atoms with van der Waals surface area (Å²) in [6.45, 7) is 2.39. The molecular formula is C22H16N2O6S. The molecular weight excluding hydrogens is 420 g/mol. The number of nitrogens with zero attached hydrogens (tertiary/aromatic N) is 2. The van der Waals surface area contributed by atoms with Gasteiger partial charge in [0.05, 0.1) is 22.1 Å². The van der Waals surface area contributed by atoms with Crippen molar-refractivity contribution in [3.05, 3.63) is 81.4 Å². The van der Waals surface area contributed by atoms with E-state index in [-0.39, 0.29) is 10.6 Å². The fourth-order valence-electron chi connectivity index (χ4n) is 3.01. The molecule has 0 aliphatic carbocycles. The second-order valence-corrected chi connectivity index (χ2v) is 7.44. The van der Waals surface area contributed by atoms with Crippen LogP contribution in [0.1, 0.15) is 12.7 Å². The van der Waals surface area contributed by atoms with E-state index < -0.39 is 16.1 Å². The van der Waals surface area contributed by atoms with Gasteiger partial charge in [-0.1, -0.05) is 0 Å². The molecule has 1 aliphatic heterocycles. The first kappa shape index (κ1) is 20.4. The zero-order valence-electron chi connectivity index (χ0n) is 16.3. The molecule has 2 heterocycles. The van der Waals surface area contributed by atoms with Crippen molar-refractivity contribution < 1.29 is 23.7 Å². The van der Waals surface area contributed by atoms with Crippen LogP contribution in [-0.2, 0) is 4.79 Å². The van der Waals surface area contributed by atoms with Crippen LogP contribution in [0.3, 0.4) is 0 Å². The van der Waals surface area contributed by atoms with Crippen molar-refractivity contribution in [3.8, 4) is 17.1 Å². The number of non-ortho nitro benzene ring substituents is 1. The topological polar surface area (TPSA) is 103 Å². The number of hydrogen-bond acceptors (Lipinski definition) is 7. The Morgan fingerprint density at radius 2 is 1.77 bits per heavy atom. The molecule has 0 bridgehead atoms. The van der Waals surface area contributed by atoms with E-state index in [1.165, 1.54) is 18.2 Å². The van der Waals surface area contributed by atoms with Crippen LogP contribution in [0.4, 0.5) is 16.2 Å². The summed E-state index contributed by atoms with van der Waals surface area (Å²) in [5.41, 5.74) is 1.10. The van der Waals surface area contributed by atoms with E-state index in [9.17, 15) is 19.7 Å². The molecule has 0 N–H and O–H groups in total. The standard InChI is InChI=1S/C22H16N2O6S/c1-2-29-17-9-7-15(8-10-17)23-21(25)20(31-22(23)26)13-18-11-12-19(30-18)14-3-5-16(6-4-14)24(27)28/h3-13H,2H2,1H3. The quantitative estimate of drug-likeness (QED) is 0.286. The van der Waals surface area contributed by atoms with Gasteiger partial charge in [-0.3, -0.25) is 19.7 Å². The van der Waals surface area contributed by atoms with Gasteiger partial charge in [-0.25, -0.2) is 4.90 Å². The lowest BCUT2D eigenvalue weighted by atomic mass is 10.1. The third kappa shape index (κ3) is 4.22. The number of thioether (sulfide) groups is 1. The highest BCUT2D eigenvalue weighted by atomic mass is 32.2. The highest BCUT2D eigenvalue weighted by Crippen LogP contribution is 2.37. The zero-order chi connectivity index (χ0) is 22.0. The molecule has 4 rings (SSSR count). The molecule has 0 atom stereocenters. The summed E-state index contributed by atoms with van der Waals surface area (Å²) in [7, 11) is 0. The third-order valence-electron chi connectivity index (χ3n) is 4.46. The molecule has 0 spiro atoms. The van der Waals surface area contributed by atoms with E-state index in [2.05, 4.69) is 0 Å². The zero-order valence-corrected chi connectivity index (χ0v) is 17.1. The van der Waals surface area contributed by atoms with Gasteiger partial charge in [-0.15, -0.1) is 0 Å². The SMILES string of the molecule is CCOc1ccc(N2C(=O)SC(=Cc3ccc(-c4ccc([N+](=O)[O-])cc4)o3)C2=O)cc1. The van der Waals surface area contributed by atoms with E-state index in [0.717, 1.165) is 16.7 Å². The number of hydrogen-bond donors (Lipinski definition) is 0. The Bertz CT molecular complexity index is 1180. The van der Waals surface area contributed by atoms with Gasteiger partial charge in [-0.2, -0.15) is 0 Å². The Morgan fingerprint density at radius 3 is 2.42 bits per heavy atom. The summed E-state index contributed by atoms with van der Waals surface area (Å²) in [6.07, 6.45) is 1.51. The normalized spacial score (nSPS) is 15.0. The molecule has 3 aromatic rings. The highest BCUT2D eigenvalue weighted by molar-refractivity contribution is 8.19. The Hall–Kier alpha value is -3.85. The average molecular weight is 436 g/mol. The molecule has 2 amide bonds. The molecule has 2 aromatic carbocycles. The average Bonchev–Trinajstić information content (AvgIpc) is 3.34. The number of rotatable bonds is 6. The van der Waals surface area contributed by atoms with Crippen LogP contribution in [0.25, 0.3) is 17.4 Å². The molecule has 8 nitrogen and oxygen atoms in total. The van der Waals surface area contributed by atoms with Gasteiger partial charge in [0.1, 0.15) is 17.3 Å². The lowest BCUT2D eigenvalue weighted by Crippen LogP contribution is -2.27. The Labute approximate surface area is 181 Å². The fourth-order valence-corrected chi connectivity index (χ4v) is 3.83.